The Balaban J connectivity index is 1.94. The minimum absolute atomic E-state index is 0.0494. The molecule has 0 spiro atoms. The van der Waals surface area contributed by atoms with Crippen LogP contribution in [0.25, 0.3) is 0 Å². The molecule has 0 N–H and O–H groups in total. The molecule has 2 unspecified atom stereocenters. The van der Waals surface area contributed by atoms with Gasteiger partial charge in [0, 0.05) is 0 Å². The Labute approximate surface area is 87.0 Å². The smallest absolute Gasteiger partial charge is 0.309 e. The summed E-state index contributed by atoms with van der Waals surface area (Å²) in [5.74, 6) is 0.915. The van der Waals surface area contributed by atoms with E-state index in [1.54, 1.807) is 0 Å². The average Bonchev–Trinajstić information content (AvgIpc) is 2.96. The lowest BCUT2D eigenvalue weighted by Crippen LogP contribution is -2.09. The van der Waals surface area contributed by atoms with Gasteiger partial charge in [-0.2, -0.15) is 0 Å². The Kier molecular flexibility index (Phi) is 4.99. The van der Waals surface area contributed by atoms with Crippen LogP contribution in [0.3, 0.4) is 0 Å². The number of ether oxygens (including phenoxy) is 1. The van der Waals surface area contributed by atoms with E-state index in [-0.39, 0.29) is 11.9 Å². The Morgan fingerprint density at radius 2 is 2.07 bits per heavy atom. The summed E-state index contributed by atoms with van der Waals surface area (Å²) < 4.78 is 5.21. The van der Waals surface area contributed by atoms with Crippen molar-refractivity contribution in [3.8, 4) is 0 Å². The van der Waals surface area contributed by atoms with E-state index in [1.165, 1.54) is 19.3 Å². The van der Waals surface area contributed by atoms with Crippen LogP contribution in [0.1, 0.15) is 52.4 Å². The zero-order valence-electron chi connectivity index (χ0n) is 9.42. The third-order valence-corrected chi connectivity index (χ3v) is 2.99. The summed E-state index contributed by atoms with van der Waals surface area (Å²) in [5.41, 5.74) is 0. The monoisotopic (exact) mass is 198 g/mol. The van der Waals surface area contributed by atoms with Gasteiger partial charge >= 0.3 is 5.97 Å². The van der Waals surface area contributed by atoms with E-state index in [0.29, 0.717) is 12.5 Å². The highest BCUT2D eigenvalue weighted by Crippen LogP contribution is 2.41. The molecule has 2 nitrogen and oxygen atoms in total. The quantitative estimate of drug-likeness (QED) is 0.464. The van der Waals surface area contributed by atoms with Gasteiger partial charge in [0.05, 0.1) is 12.5 Å². The summed E-state index contributed by atoms with van der Waals surface area (Å²) in [5, 5.41) is 0. The third-order valence-electron chi connectivity index (χ3n) is 2.99. The van der Waals surface area contributed by atoms with E-state index in [9.17, 15) is 4.79 Å². The van der Waals surface area contributed by atoms with Crippen molar-refractivity contribution in [3.05, 3.63) is 0 Å². The molecule has 2 atom stereocenters. The van der Waals surface area contributed by atoms with E-state index in [4.69, 9.17) is 4.74 Å². The van der Waals surface area contributed by atoms with Gasteiger partial charge in [0.15, 0.2) is 0 Å². The van der Waals surface area contributed by atoms with Gasteiger partial charge in [-0.3, -0.25) is 4.79 Å². The van der Waals surface area contributed by atoms with E-state index in [2.05, 4.69) is 13.8 Å². The summed E-state index contributed by atoms with van der Waals surface area (Å²) in [6.07, 6.45) is 6.88. The molecule has 0 heterocycles. The number of carbonyl (C=O) groups excluding carboxylic acids is 1. The predicted molar refractivity (Wildman–Crippen MR) is 57.0 cm³/mol. The van der Waals surface area contributed by atoms with Crippen LogP contribution in [-0.2, 0) is 9.53 Å². The summed E-state index contributed by atoms with van der Waals surface area (Å²) in [4.78, 5) is 11.4. The van der Waals surface area contributed by atoms with E-state index >= 15 is 0 Å². The largest absolute Gasteiger partial charge is 0.465 e. The molecule has 0 saturated heterocycles. The highest BCUT2D eigenvalue weighted by molar-refractivity contribution is 5.75. The highest BCUT2D eigenvalue weighted by atomic mass is 16.5. The minimum Gasteiger partial charge on any atom is -0.465 e. The predicted octanol–water partition coefficient (Wildman–Crippen LogP) is 3.16. The zero-order valence-corrected chi connectivity index (χ0v) is 9.42. The molecule has 1 rings (SSSR count). The Hall–Kier alpha value is -0.530. The molecule has 1 fully saturated rings. The normalized spacial score (nSPS) is 24.7. The Bertz CT molecular complexity index is 177. The maximum atomic E-state index is 11.4. The molecule has 0 bridgehead atoms. The lowest BCUT2D eigenvalue weighted by molar-refractivity contribution is -0.145. The fourth-order valence-corrected chi connectivity index (χ4v) is 1.80. The second kappa shape index (κ2) is 6.05. The van der Waals surface area contributed by atoms with Gasteiger partial charge < -0.3 is 4.74 Å². The molecule has 82 valence electrons. The van der Waals surface area contributed by atoms with Gasteiger partial charge in [0.25, 0.3) is 0 Å². The van der Waals surface area contributed by atoms with Crippen LogP contribution in [0.5, 0.6) is 0 Å². The lowest BCUT2D eigenvalue weighted by Gasteiger charge is -2.03. The van der Waals surface area contributed by atoms with Crippen LogP contribution in [-0.4, -0.2) is 12.6 Å². The molecule has 2 heteroatoms. The van der Waals surface area contributed by atoms with Crippen LogP contribution >= 0.6 is 0 Å². The van der Waals surface area contributed by atoms with Gasteiger partial charge in [-0.1, -0.05) is 39.5 Å². The van der Waals surface area contributed by atoms with Crippen LogP contribution in [0.2, 0.25) is 0 Å². The zero-order chi connectivity index (χ0) is 10.4. The van der Waals surface area contributed by atoms with Crippen molar-refractivity contribution in [1.29, 1.82) is 0 Å². The van der Waals surface area contributed by atoms with Crippen molar-refractivity contribution in [2.75, 3.05) is 6.61 Å². The first-order valence-corrected chi connectivity index (χ1v) is 5.96. The molecule has 14 heavy (non-hydrogen) atoms. The number of unbranched alkanes of at least 4 members (excludes halogenated alkanes) is 3. The Morgan fingerprint density at radius 1 is 1.29 bits per heavy atom. The number of esters is 1. The van der Waals surface area contributed by atoms with E-state index in [0.717, 1.165) is 19.3 Å². The summed E-state index contributed by atoms with van der Waals surface area (Å²) in [6.45, 7) is 4.95. The van der Waals surface area contributed by atoms with Crippen molar-refractivity contribution in [2.45, 2.75) is 52.4 Å². The van der Waals surface area contributed by atoms with Gasteiger partial charge in [-0.05, 0) is 18.8 Å². The lowest BCUT2D eigenvalue weighted by atomic mass is 10.2. The molecule has 1 aliphatic carbocycles. The van der Waals surface area contributed by atoms with Gasteiger partial charge in [0.1, 0.15) is 0 Å². The molecule has 1 saturated carbocycles. The van der Waals surface area contributed by atoms with Crippen molar-refractivity contribution >= 4 is 5.97 Å². The second-order valence-corrected chi connectivity index (χ2v) is 4.24. The van der Waals surface area contributed by atoms with Crippen molar-refractivity contribution < 1.29 is 9.53 Å². The average molecular weight is 198 g/mol. The molecule has 0 amide bonds. The van der Waals surface area contributed by atoms with Gasteiger partial charge in [-0.25, -0.2) is 0 Å². The van der Waals surface area contributed by atoms with Crippen LogP contribution in [0.4, 0.5) is 0 Å². The SMILES string of the molecule is CCCCCCOC(=O)C1CC1CC. The summed E-state index contributed by atoms with van der Waals surface area (Å²) >= 11 is 0. The fraction of sp³-hybridized carbons (Fsp3) is 0.917. The molecular formula is C12H22O2. The fourth-order valence-electron chi connectivity index (χ4n) is 1.80. The van der Waals surface area contributed by atoms with Crippen molar-refractivity contribution in [1.82, 2.24) is 0 Å². The summed E-state index contributed by atoms with van der Waals surface area (Å²) in [7, 11) is 0. The first kappa shape index (κ1) is 11.5. The number of carbonyl (C=O) groups is 1. The molecule has 0 aliphatic heterocycles. The summed E-state index contributed by atoms with van der Waals surface area (Å²) in [6, 6.07) is 0. The molecule has 0 radical (unpaired) electrons. The van der Waals surface area contributed by atoms with Gasteiger partial charge in [-0.15, -0.1) is 0 Å². The standard InChI is InChI=1S/C12H22O2/c1-3-5-6-7-8-14-12(13)11-9-10(11)4-2/h10-11H,3-9H2,1-2H3. The second-order valence-electron chi connectivity index (χ2n) is 4.24. The molecule has 0 aromatic rings. The number of hydrogen-bond donors (Lipinski definition) is 0. The molecule has 0 aromatic carbocycles. The maximum Gasteiger partial charge on any atom is 0.309 e. The van der Waals surface area contributed by atoms with Crippen molar-refractivity contribution in [3.63, 3.8) is 0 Å². The first-order valence-electron chi connectivity index (χ1n) is 5.96. The van der Waals surface area contributed by atoms with E-state index < -0.39 is 0 Å². The van der Waals surface area contributed by atoms with Gasteiger partial charge in [0.2, 0.25) is 0 Å². The molecular weight excluding hydrogens is 176 g/mol. The molecule has 1 aliphatic rings. The van der Waals surface area contributed by atoms with Crippen molar-refractivity contribution in [2.24, 2.45) is 11.8 Å². The van der Waals surface area contributed by atoms with E-state index in [1.807, 2.05) is 0 Å². The molecule has 0 aromatic heterocycles. The number of rotatable bonds is 7. The highest BCUT2D eigenvalue weighted by Gasteiger charge is 2.42. The topological polar surface area (TPSA) is 26.3 Å². The Morgan fingerprint density at radius 3 is 2.64 bits per heavy atom. The maximum absolute atomic E-state index is 11.4. The van der Waals surface area contributed by atoms with Crippen LogP contribution < -0.4 is 0 Å². The third kappa shape index (κ3) is 3.69. The van der Waals surface area contributed by atoms with Crippen LogP contribution in [0.15, 0.2) is 0 Å². The number of hydrogen-bond acceptors (Lipinski definition) is 2. The minimum atomic E-state index is 0.0494. The first-order chi connectivity index (χ1) is 6.79. The van der Waals surface area contributed by atoms with Crippen LogP contribution in [0, 0.1) is 11.8 Å².